The van der Waals surface area contributed by atoms with Crippen LogP contribution in [0, 0.1) is 0 Å². The second-order valence-electron chi connectivity index (χ2n) is 8.93. The molecule has 3 rings (SSSR count). The minimum atomic E-state index is -0.459. The van der Waals surface area contributed by atoms with E-state index < -0.39 is 5.91 Å². The molecule has 0 fully saturated rings. The number of fused-ring (bicyclic) bond motifs is 1. The molecule has 0 saturated heterocycles. The first-order valence-electron chi connectivity index (χ1n) is 11.5. The van der Waals surface area contributed by atoms with Crippen LogP contribution >= 0.6 is 11.8 Å². The molecule has 0 aliphatic carbocycles. The minimum Gasteiger partial charge on any atom is -0.366 e. The number of carbonyl (C=O) groups excluding carboxylic acids is 2. The summed E-state index contributed by atoms with van der Waals surface area (Å²) in [6.45, 7) is 10.8. The highest BCUT2D eigenvalue weighted by molar-refractivity contribution is 8.00. The lowest BCUT2D eigenvalue weighted by Crippen LogP contribution is -2.38. The van der Waals surface area contributed by atoms with Gasteiger partial charge in [0.2, 0.25) is 11.8 Å². The van der Waals surface area contributed by atoms with E-state index in [1.54, 1.807) is 23.9 Å². The van der Waals surface area contributed by atoms with Gasteiger partial charge in [-0.3, -0.25) is 14.5 Å². The van der Waals surface area contributed by atoms with Crippen molar-refractivity contribution in [1.29, 1.82) is 0 Å². The van der Waals surface area contributed by atoms with Crippen molar-refractivity contribution in [3.05, 3.63) is 59.7 Å². The van der Waals surface area contributed by atoms with Crippen molar-refractivity contribution in [2.24, 2.45) is 5.73 Å². The van der Waals surface area contributed by atoms with E-state index in [9.17, 15) is 9.59 Å². The molecule has 1 aliphatic rings. The third kappa shape index (κ3) is 5.73. The number of primary amides is 1. The summed E-state index contributed by atoms with van der Waals surface area (Å²) in [5, 5.41) is -0.316. The van der Waals surface area contributed by atoms with Gasteiger partial charge in [0, 0.05) is 29.1 Å². The monoisotopic (exact) mass is 453 g/mol. The van der Waals surface area contributed by atoms with Gasteiger partial charge in [-0.15, -0.1) is 11.8 Å². The summed E-state index contributed by atoms with van der Waals surface area (Å²) in [4.78, 5) is 30.4. The van der Waals surface area contributed by atoms with E-state index in [0.717, 1.165) is 48.5 Å². The molecule has 5 nitrogen and oxygen atoms in total. The zero-order valence-electron chi connectivity index (χ0n) is 19.6. The molecule has 0 spiro atoms. The Morgan fingerprint density at radius 2 is 1.66 bits per heavy atom. The van der Waals surface area contributed by atoms with Crippen LogP contribution in [0.5, 0.6) is 0 Å². The van der Waals surface area contributed by atoms with E-state index in [2.05, 4.69) is 38.7 Å². The van der Waals surface area contributed by atoms with Gasteiger partial charge in [-0.2, -0.15) is 0 Å². The third-order valence-corrected chi connectivity index (χ3v) is 7.32. The van der Waals surface area contributed by atoms with Gasteiger partial charge in [0.1, 0.15) is 5.25 Å². The number of carbonyl (C=O) groups is 2. The lowest BCUT2D eigenvalue weighted by molar-refractivity contribution is -0.118. The van der Waals surface area contributed by atoms with Crippen molar-refractivity contribution in [3.63, 3.8) is 0 Å². The highest BCUT2D eigenvalue weighted by Gasteiger charge is 2.34. The minimum absolute atomic E-state index is 0.103. The van der Waals surface area contributed by atoms with Crippen molar-refractivity contribution in [1.82, 2.24) is 4.90 Å². The van der Waals surface area contributed by atoms with Crippen LogP contribution in [-0.2, 0) is 4.79 Å². The van der Waals surface area contributed by atoms with Gasteiger partial charge in [-0.05, 0) is 76.9 Å². The van der Waals surface area contributed by atoms with Crippen LogP contribution in [-0.4, -0.2) is 41.9 Å². The summed E-state index contributed by atoms with van der Waals surface area (Å²) < 4.78 is 0. The first kappa shape index (κ1) is 24.3. The fraction of sp³-hybridized carbons (Fsp3) is 0.462. The van der Waals surface area contributed by atoms with Crippen LogP contribution in [0.15, 0.2) is 53.4 Å². The number of nitrogens with zero attached hydrogens (tertiary/aromatic N) is 2. The number of hydrogen-bond donors (Lipinski definition) is 1. The molecule has 2 aromatic carbocycles. The number of hydrogen-bond acceptors (Lipinski definition) is 4. The Balaban J connectivity index is 1.68. The molecule has 6 heteroatoms. The molecule has 0 saturated carbocycles. The summed E-state index contributed by atoms with van der Waals surface area (Å²) in [5.41, 5.74) is 7.71. The maximum Gasteiger partial charge on any atom is 0.248 e. The standard InChI is InChI=1S/C26H35N3O2S/c1-18(2)28(19(3)4)16-8-5-9-17-29-22-10-6-7-11-23(22)32-24(26(29)31)20-12-14-21(15-13-20)25(27)30/h6-7,10-15,18-19,24H,5,8-9,16-17H2,1-4H3,(H2,27,30). The number of unbranched alkanes of at least 4 members (excludes halogenated alkanes) is 2. The second-order valence-corrected chi connectivity index (χ2v) is 10.1. The van der Waals surface area contributed by atoms with Crippen LogP contribution < -0.4 is 10.6 Å². The van der Waals surface area contributed by atoms with Crippen molar-refractivity contribution < 1.29 is 9.59 Å². The average Bonchev–Trinajstić information content (AvgIpc) is 2.76. The Kier molecular flexibility index (Phi) is 8.38. The Morgan fingerprint density at radius 1 is 1.00 bits per heavy atom. The predicted molar refractivity (Wildman–Crippen MR) is 133 cm³/mol. The van der Waals surface area contributed by atoms with Crippen molar-refractivity contribution in [3.8, 4) is 0 Å². The normalized spacial score (nSPS) is 16.2. The molecule has 0 bridgehead atoms. The molecule has 1 heterocycles. The molecule has 0 radical (unpaired) electrons. The Labute approximate surface area is 196 Å². The summed E-state index contributed by atoms with van der Waals surface area (Å²) in [6, 6.07) is 16.3. The first-order valence-corrected chi connectivity index (χ1v) is 12.4. The molecule has 1 aliphatic heterocycles. The largest absolute Gasteiger partial charge is 0.366 e. The first-order chi connectivity index (χ1) is 15.3. The maximum atomic E-state index is 13.5. The molecular weight excluding hydrogens is 418 g/mol. The van der Waals surface area contributed by atoms with Crippen LogP contribution in [0.2, 0.25) is 0 Å². The lowest BCUT2D eigenvalue weighted by Gasteiger charge is -2.34. The molecular formula is C26H35N3O2S. The summed E-state index contributed by atoms with van der Waals surface area (Å²) >= 11 is 1.58. The fourth-order valence-corrected chi connectivity index (χ4v) is 5.57. The molecule has 2 N–H and O–H groups in total. The quantitative estimate of drug-likeness (QED) is 0.499. The van der Waals surface area contributed by atoms with Crippen LogP contribution in [0.4, 0.5) is 5.69 Å². The summed E-state index contributed by atoms with van der Waals surface area (Å²) in [6.07, 6.45) is 3.20. The second kappa shape index (κ2) is 11.0. The number of amides is 2. The predicted octanol–water partition coefficient (Wildman–Crippen LogP) is 5.25. The van der Waals surface area contributed by atoms with Crippen LogP contribution in [0.25, 0.3) is 0 Å². The van der Waals surface area contributed by atoms with Crippen molar-refractivity contribution in [2.45, 2.75) is 69.2 Å². The fourth-order valence-electron chi connectivity index (χ4n) is 4.33. The Hall–Kier alpha value is -2.31. The zero-order chi connectivity index (χ0) is 23.3. The number of nitrogens with two attached hydrogens (primary N) is 1. The van der Waals surface area contributed by atoms with E-state index in [1.807, 2.05) is 35.2 Å². The van der Waals surface area contributed by atoms with E-state index >= 15 is 0 Å². The maximum absolute atomic E-state index is 13.5. The molecule has 1 atom stereocenters. The highest BCUT2D eigenvalue weighted by atomic mass is 32.2. The molecule has 0 aromatic heterocycles. The number of benzene rings is 2. The summed E-state index contributed by atoms with van der Waals surface area (Å²) in [7, 11) is 0. The van der Waals surface area contributed by atoms with Crippen molar-refractivity contribution >= 4 is 29.3 Å². The van der Waals surface area contributed by atoms with E-state index in [4.69, 9.17) is 5.73 Å². The van der Waals surface area contributed by atoms with Crippen LogP contribution in [0.3, 0.4) is 0 Å². The van der Waals surface area contributed by atoms with Gasteiger partial charge in [-0.1, -0.05) is 30.7 Å². The van der Waals surface area contributed by atoms with Gasteiger partial charge < -0.3 is 10.6 Å². The van der Waals surface area contributed by atoms with Gasteiger partial charge in [0.05, 0.1) is 5.69 Å². The van der Waals surface area contributed by atoms with Crippen molar-refractivity contribution in [2.75, 3.05) is 18.0 Å². The van der Waals surface area contributed by atoms with Gasteiger partial charge >= 0.3 is 0 Å². The van der Waals surface area contributed by atoms with Gasteiger partial charge in [0.15, 0.2) is 0 Å². The Bertz CT molecular complexity index is 919. The van der Waals surface area contributed by atoms with Gasteiger partial charge in [-0.25, -0.2) is 0 Å². The molecule has 32 heavy (non-hydrogen) atoms. The Morgan fingerprint density at radius 3 is 2.28 bits per heavy atom. The number of rotatable bonds is 10. The van der Waals surface area contributed by atoms with E-state index in [0.29, 0.717) is 17.6 Å². The van der Waals surface area contributed by atoms with E-state index in [-0.39, 0.29) is 11.2 Å². The topological polar surface area (TPSA) is 66.6 Å². The van der Waals surface area contributed by atoms with Gasteiger partial charge in [0.25, 0.3) is 0 Å². The number of para-hydroxylation sites is 1. The smallest absolute Gasteiger partial charge is 0.248 e. The lowest BCUT2D eigenvalue weighted by atomic mass is 10.1. The number of thioether (sulfide) groups is 1. The summed E-state index contributed by atoms with van der Waals surface area (Å²) in [5.74, 6) is -0.355. The number of anilines is 1. The third-order valence-electron chi connectivity index (χ3n) is 6.01. The van der Waals surface area contributed by atoms with E-state index in [1.165, 1.54) is 0 Å². The van der Waals surface area contributed by atoms with Crippen LogP contribution in [0.1, 0.15) is 68.1 Å². The molecule has 1 unspecified atom stereocenters. The SMILES string of the molecule is CC(C)N(CCCCCN1C(=O)C(c2ccc(C(N)=O)cc2)Sc2ccccc21)C(C)C. The zero-order valence-corrected chi connectivity index (χ0v) is 20.4. The molecule has 172 valence electrons. The molecule has 2 amide bonds. The molecule has 2 aromatic rings. The highest BCUT2D eigenvalue weighted by Crippen LogP contribution is 2.46. The average molecular weight is 454 g/mol.